The van der Waals surface area contributed by atoms with Gasteiger partial charge in [-0.15, -0.1) is 0 Å². The van der Waals surface area contributed by atoms with E-state index in [4.69, 9.17) is 11.5 Å². The second kappa shape index (κ2) is 19.6. The smallest absolute Gasteiger partial charge is 0.243 e. The normalized spacial score (nSPS) is 21.6. The van der Waals surface area contributed by atoms with Gasteiger partial charge in [-0.25, -0.2) is 0 Å². The van der Waals surface area contributed by atoms with Crippen molar-refractivity contribution >= 4 is 35.4 Å². The summed E-state index contributed by atoms with van der Waals surface area (Å²) in [6, 6.07) is 18.5. The van der Waals surface area contributed by atoms with Gasteiger partial charge in [0.15, 0.2) is 0 Å². The van der Waals surface area contributed by atoms with Crippen LogP contribution < -0.4 is 38.1 Å². The van der Waals surface area contributed by atoms with Crippen LogP contribution in [-0.4, -0.2) is 77.3 Å². The largest absolute Gasteiger partial charge is 0.508 e. The van der Waals surface area contributed by atoms with Gasteiger partial charge in [0.25, 0.3) is 0 Å². The Bertz CT molecular complexity index is 1670. The first-order valence-corrected chi connectivity index (χ1v) is 17.4. The van der Waals surface area contributed by atoms with Crippen LogP contribution in [0.5, 0.6) is 5.75 Å². The fourth-order valence-electron chi connectivity index (χ4n) is 5.81. The third-order valence-corrected chi connectivity index (χ3v) is 8.75. The number of hydrogen-bond acceptors (Lipinski definition) is 8. The second-order valence-electron chi connectivity index (χ2n) is 12.9. The van der Waals surface area contributed by atoms with Gasteiger partial charge in [-0.05, 0) is 60.9 Å². The number of primary amides is 1. The topological polar surface area (TPSA) is 235 Å². The zero-order valence-electron chi connectivity index (χ0n) is 28.9. The molecule has 276 valence electrons. The Morgan fingerprint density at radius 3 is 1.87 bits per heavy atom. The van der Waals surface area contributed by atoms with E-state index in [1.807, 2.05) is 6.07 Å². The van der Waals surface area contributed by atoms with Crippen LogP contribution in [0.15, 0.2) is 84.9 Å². The van der Waals surface area contributed by atoms with Gasteiger partial charge in [-0.2, -0.15) is 0 Å². The zero-order chi connectivity index (χ0) is 37.5. The number of carbonyl (C=O) groups excluding carboxylic acids is 6. The number of amides is 6. The maximum absolute atomic E-state index is 14.0. The molecule has 10 N–H and O–H groups in total. The van der Waals surface area contributed by atoms with E-state index in [-0.39, 0.29) is 56.7 Å². The van der Waals surface area contributed by atoms with Crippen molar-refractivity contribution in [2.45, 2.75) is 81.6 Å². The molecule has 14 nitrogen and oxygen atoms in total. The molecule has 1 aliphatic heterocycles. The number of phenols is 1. The van der Waals surface area contributed by atoms with Crippen LogP contribution in [0, 0.1) is 0 Å². The molecule has 3 aromatic rings. The highest BCUT2D eigenvalue weighted by molar-refractivity contribution is 5.96. The lowest BCUT2D eigenvalue weighted by Crippen LogP contribution is -2.59. The van der Waals surface area contributed by atoms with Gasteiger partial charge in [-0.1, -0.05) is 72.8 Å². The summed E-state index contributed by atoms with van der Waals surface area (Å²) in [5, 5.41) is 23.2. The standard InChI is InChI=1S/C38H47N7O7/c39-28(21-26-14-16-27(46)17-15-26)35(49)43-30-18-19-33(47)41-20-8-7-13-29(34(40)48)42-37(51)31(22-24-9-3-1-4-10-24)45-38(52)32(44-36(30)50)23-25-11-5-2-6-12-25/h1-6,9-12,14-17,28-32,46H,7-8,13,18-23,39H2,(H2,40,48)(H,41,47)(H,42,51)(H,43,49)(H,44,50)(H,45,52). The molecule has 1 heterocycles. The average Bonchev–Trinajstić information content (AvgIpc) is 3.13. The summed E-state index contributed by atoms with van der Waals surface area (Å²) in [5.74, 6) is -3.74. The Labute approximate surface area is 302 Å². The van der Waals surface area contributed by atoms with E-state index in [0.29, 0.717) is 24.0 Å². The van der Waals surface area contributed by atoms with Gasteiger partial charge in [0.05, 0.1) is 6.04 Å². The van der Waals surface area contributed by atoms with Crippen LogP contribution in [0.2, 0.25) is 0 Å². The number of hydrogen-bond donors (Lipinski definition) is 8. The van der Waals surface area contributed by atoms with Crippen LogP contribution >= 0.6 is 0 Å². The third-order valence-electron chi connectivity index (χ3n) is 8.75. The van der Waals surface area contributed by atoms with Crippen molar-refractivity contribution in [3.63, 3.8) is 0 Å². The molecule has 0 aromatic heterocycles. The summed E-state index contributed by atoms with van der Waals surface area (Å²) in [4.78, 5) is 80.0. The first-order chi connectivity index (χ1) is 25.0. The van der Waals surface area contributed by atoms with Crippen LogP contribution in [-0.2, 0) is 48.0 Å². The first-order valence-electron chi connectivity index (χ1n) is 17.4. The van der Waals surface area contributed by atoms with Gasteiger partial charge < -0.3 is 43.2 Å². The lowest BCUT2D eigenvalue weighted by Gasteiger charge is -2.27. The van der Waals surface area contributed by atoms with Gasteiger partial charge >= 0.3 is 0 Å². The predicted octanol–water partition coefficient (Wildman–Crippen LogP) is 0.252. The second-order valence-corrected chi connectivity index (χ2v) is 12.9. The summed E-state index contributed by atoms with van der Waals surface area (Å²) in [6.07, 6.45) is 1.14. The fraction of sp³-hybridized carbons (Fsp3) is 0.368. The van der Waals surface area contributed by atoms with Crippen molar-refractivity contribution in [3.05, 3.63) is 102 Å². The molecule has 1 aliphatic rings. The van der Waals surface area contributed by atoms with Crippen LogP contribution in [0.4, 0.5) is 0 Å². The van der Waals surface area contributed by atoms with Gasteiger partial charge in [-0.3, -0.25) is 28.8 Å². The summed E-state index contributed by atoms with van der Waals surface area (Å²) >= 11 is 0. The minimum Gasteiger partial charge on any atom is -0.508 e. The van der Waals surface area contributed by atoms with Crippen LogP contribution in [0.25, 0.3) is 0 Å². The summed E-state index contributed by atoms with van der Waals surface area (Å²) in [5.41, 5.74) is 14.0. The number of phenolic OH excluding ortho intramolecular Hbond substituents is 1. The highest BCUT2D eigenvalue weighted by atomic mass is 16.3. The third kappa shape index (κ3) is 12.5. The average molecular weight is 714 g/mol. The molecule has 3 aromatic carbocycles. The van der Waals surface area contributed by atoms with E-state index in [1.54, 1.807) is 66.7 Å². The van der Waals surface area contributed by atoms with Crippen molar-refractivity contribution in [2.75, 3.05) is 6.54 Å². The molecule has 0 bridgehead atoms. The van der Waals surface area contributed by atoms with Gasteiger partial charge in [0.1, 0.15) is 29.9 Å². The van der Waals surface area contributed by atoms with E-state index in [1.165, 1.54) is 12.1 Å². The van der Waals surface area contributed by atoms with E-state index in [0.717, 1.165) is 5.56 Å². The van der Waals surface area contributed by atoms with Crippen molar-refractivity contribution in [2.24, 2.45) is 11.5 Å². The molecule has 0 radical (unpaired) electrons. The summed E-state index contributed by atoms with van der Waals surface area (Å²) < 4.78 is 0. The molecule has 14 heteroatoms. The Morgan fingerprint density at radius 2 is 1.29 bits per heavy atom. The highest BCUT2D eigenvalue weighted by Gasteiger charge is 2.32. The molecule has 52 heavy (non-hydrogen) atoms. The Hall–Kier alpha value is -5.76. The van der Waals surface area contributed by atoms with Crippen molar-refractivity contribution < 1.29 is 33.9 Å². The molecule has 5 atom stereocenters. The van der Waals surface area contributed by atoms with Crippen molar-refractivity contribution in [1.82, 2.24) is 26.6 Å². The molecule has 6 amide bonds. The maximum Gasteiger partial charge on any atom is 0.243 e. The number of benzene rings is 3. The number of aromatic hydroxyl groups is 1. The zero-order valence-corrected chi connectivity index (χ0v) is 28.9. The molecule has 5 unspecified atom stereocenters. The van der Waals surface area contributed by atoms with E-state index < -0.39 is 59.7 Å². The van der Waals surface area contributed by atoms with Crippen molar-refractivity contribution in [1.29, 1.82) is 0 Å². The minimum absolute atomic E-state index is 0.0313. The SMILES string of the molecule is NC(=O)C1CCCCNC(=O)CCC(NC(=O)C(N)Cc2ccc(O)cc2)C(=O)NC(Cc2ccccc2)C(=O)NC(Cc2ccccc2)C(=O)N1. The predicted molar refractivity (Wildman–Crippen MR) is 193 cm³/mol. The summed E-state index contributed by atoms with van der Waals surface area (Å²) in [6.45, 7) is 0.269. The van der Waals surface area contributed by atoms with Crippen LogP contribution in [0.3, 0.4) is 0 Å². The maximum atomic E-state index is 14.0. The molecule has 0 aliphatic carbocycles. The van der Waals surface area contributed by atoms with Gasteiger partial charge in [0.2, 0.25) is 35.4 Å². The lowest BCUT2D eigenvalue weighted by atomic mass is 10.0. The van der Waals surface area contributed by atoms with Crippen molar-refractivity contribution in [3.8, 4) is 5.75 Å². The number of carbonyl (C=O) groups is 6. The Kier molecular flexibility index (Phi) is 14.7. The Morgan fingerprint density at radius 1 is 0.731 bits per heavy atom. The number of nitrogens with two attached hydrogens (primary N) is 2. The number of nitrogens with one attached hydrogen (secondary N) is 5. The molecule has 0 saturated carbocycles. The first kappa shape index (κ1) is 39.0. The molecule has 0 spiro atoms. The van der Waals surface area contributed by atoms with E-state index in [9.17, 15) is 33.9 Å². The van der Waals surface area contributed by atoms with E-state index >= 15 is 0 Å². The quantitative estimate of drug-likeness (QED) is 0.153. The van der Waals surface area contributed by atoms with E-state index in [2.05, 4.69) is 26.6 Å². The highest BCUT2D eigenvalue weighted by Crippen LogP contribution is 2.13. The minimum atomic E-state index is -1.24. The molecular formula is C38H47N7O7. The molecule has 1 fully saturated rings. The van der Waals surface area contributed by atoms with Crippen LogP contribution in [0.1, 0.15) is 48.8 Å². The molecule has 4 rings (SSSR count). The number of rotatable bonds is 9. The Balaban J connectivity index is 1.62. The fourth-order valence-corrected chi connectivity index (χ4v) is 5.81. The molecule has 1 saturated heterocycles. The van der Waals surface area contributed by atoms with Gasteiger partial charge in [0, 0.05) is 25.8 Å². The summed E-state index contributed by atoms with van der Waals surface area (Å²) in [7, 11) is 0. The monoisotopic (exact) mass is 713 g/mol. The molecular weight excluding hydrogens is 666 g/mol. The lowest BCUT2D eigenvalue weighted by molar-refractivity contribution is -0.134.